The van der Waals surface area contributed by atoms with E-state index in [-0.39, 0.29) is 17.0 Å². The molecule has 3 atom stereocenters. The largest absolute Gasteiger partial charge is 0.352 e. The summed E-state index contributed by atoms with van der Waals surface area (Å²) in [5, 5.41) is 5.80. The first-order valence-corrected chi connectivity index (χ1v) is 9.92. The number of amides is 2. The Hall–Kier alpha value is -2.02. The maximum atomic E-state index is 13.7. The zero-order valence-electron chi connectivity index (χ0n) is 16.7. The van der Waals surface area contributed by atoms with E-state index in [1.165, 1.54) is 6.07 Å². The lowest BCUT2D eigenvalue weighted by molar-refractivity contribution is -0.125. The Kier molecular flexibility index (Phi) is 6.03. The number of benzene rings is 1. The second kappa shape index (κ2) is 8.15. The molecule has 2 amide bonds. The Morgan fingerprint density at radius 1 is 1.14 bits per heavy atom. The lowest BCUT2D eigenvalue weighted by atomic mass is 9.90. The zero-order valence-corrected chi connectivity index (χ0v) is 16.7. The van der Waals surface area contributed by atoms with E-state index in [1.54, 1.807) is 0 Å². The normalized spacial score (nSPS) is 24.8. The van der Waals surface area contributed by atoms with Crippen molar-refractivity contribution in [3.05, 3.63) is 35.4 Å². The summed E-state index contributed by atoms with van der Waals surface area (Å²) in [6, 6.07) is 3.65. The van der Waals surface area contributed by atoms with Gasteiger partial charge in [0.2, 0.25) is 5.91 Å². The number of nitrogens with zero attached hydrogens (tertiary/aromatic N) is 1. The molecule has 0 aliphatic carbocycles. The van der Waals surface area contributed by atoms with Crippen LogP contribution in [0.3, 0.4) is 0 Å². The molecule has 2 saturated heterocycles. The number of hydrogen-bond donors (Lipinski definition) is 2. The summed E-state index contributed by atoms with van der Waals surface area (Å²) in [5.41, 5.74) is -0.380. The van der Waals surface area contributed by atoms with Gasteiger partial charge in [-0.05, 0) is 64.5 Å². The van der Waals surface area contributed by atoms with Crippen LogP contribution in [0.25, 0.3) is 0 Å². The standard InChI is InChI=1S/C21H29F2N3O2/c1-21(2,3)25-19(27)12-26-15-5-6-16(26)9-13(8-15)11-24-20(28)17-7-4-14(22)10-18(17)23/h4,7,10,13,15-16H,5-6,8-9,11-12H2,1-3H3,(H,24,28)(H,25,27)/t13?,15-,16+. The number of rotatable bonds is 5. The Labute approximate surface area is 164 Å². The molecule has 2 bridgehead atoms. The summed E-state index contributed by atoms with van der Waals surface area (Å²) in [6.07, 6.45) is 3.94. The second-order valence-corrected chi connectivity index (χ2v) is 9.03. The lowest BCUT2D eigenvalue weighted by Crippen LogP contribution is -2.52. The number of carbonyl (C=O) groups is 2. The molecule has 0 spiro atoms. The van der Waals surface area contributed by atoms with Crippen molar-refractivity contribution in [2.24, 2.45) is 5.92 Å². The van der Waals surface area contributed by atoms with Gasteiger partial charge in [-0.25, -0.2) is 8.78 Å². The molecule has 2 aliphatic heterocycles. The molecule has 2 aliphatic rings. The molecular formula is C21H29F2N3O2. The summed E-state index contributed by atoms with van der Waals surface area (Å²) < 4.78 is 26.7. The maximum absolute atomic E-state index is 13.7. The minimum atomic E-state index is -0.850. The van der Waals surface area contributed by atoms with E-state index in [0.717, 1.165) is 37.8 Å². The van der Waals surface area contributed by atoms with Crippen LogP contribution in [0.4, 0.5) is 8.78 Å². The van der Waals surface area contributed by atoms with Gasteiger partial charge in [-0.15, -0.1) is 0 Å². The van der Waals surface area contributed by atoms with Crippen LogP contribution in [-0.4, -0.2) is 47.4 Å². The van der Waals surface area contributed by atoms with Crippen molar-refractivity contribution in [3.8, 4) is 0 Å². The molecule has 0 aromatic heterocycles. The summed E-state index contributed by atoms with van der Waals surface area (Å²) in [6.45, 7) is 6.78. The smallest absolute Gasteiger partial charge is 0.254 e. The van der Waals surface area contributed by atoms with Gasteiger partial charge >= 0.3 is 0 Å². The zero-order chi connectivity index (χ0) is 20.5. The first kappa shape index (κ1) is 20.7. The molecule has 1 unspecified atom stereocenters. The summed E-state index contributed by atoms with van der Waals surface area (Å²) in [5.74, 6) is -1.72. The molecular weight excluding hydrogens is 364 g/mol. The number of carbonyl (C=O) groups excluding carboxylic acids is 2. The van der Waals surface area contributed by atoms with Gasteiger partial charge in [0.25, 0.3) is 5.91 Å². The minimum Gasteiger partial charge on any atom is -0.352 e. The van der Waals surface area contributed by atoms with Crippen LogP contribution >= 0.6 is 0 Å². The van der Waals surface area contributed by atoms with E-state index in [9.17, 15) is 18.4 Å². The van der Waals surface area contributed by atoms with Crippen LogP contribution in [0.2, 0.25) is 0 Å². The third-order valence-electron chi connectivity index (χ3n) is 5.55. The Morgan fingerprint density at radius 3 is 2.36 bits per heavy atom. The minimum absolute atomic E-state index is 0.0444. The van der Waals surface area contributed by atoms with E-state index >= 15 is 0 Å². The van der Waals surface area contributed by atoms with Crippen molar-refractivity contribution in [2.75, 3.05) is 13.1 Å². The number of nitrogens with one attached hydrogen (secondary N) is 2. The van der Waals surface area contributed by atoms with Gasteiger partial charge in [-0.1, -0.05) is 0 Å². The highest BCUT2D eigenvalue weighted by Gasteiger charge is 2.41. The highest BCUT2D eigenvalue weighted by molar-refractivity contribution is 5.94. The molecule has 154 valence electrons. The van der Waals surface area contributed by atoms with Gasteiger partial charge in [0.05, 0.1) is 12.1 Å². The SMILES string of the molecule is CC(C)(C)NC(=O)CN1[C@@H]2CC[C@H]1CC(CNC(=O)c1ccc(F)cc1F)C2. The fourth-order valence-electron chi connectivity index (χ4n) is 4.44. The van der Waals surface area contributed by atoms with Gasteiger partial charge in [0.1, 0.15) is 11.6 Å². The van der Waals surface area contributed by atoms with E-state index in [2.05, 4.69) is 15.5 Å². The number of piperidine rings is 1. The van der Waals surface area contributed by atoms with Crippen LogP contribution in [-0.2, 0) is 4.79 Å². The average molecular weight is 393 g/mol. The quantitative estimate of drug-likeness (QED) is 0.809. The summed E-state index contributed by atoms with van der Waals surface area (Å²) in [7, 11) is 0. The highest BCUT2D eigenvalue weighted by atomic mass is 19.1. The molecule has 1 aromatic rings. The van der Waals surface area contributed by atoms with Crippen molar-refractivity contribution >= 4 is 11.8 Å². The number of halogens is 2. The molecule has 0 saturated carbocycles. The Bertz CT molecular complexity index is 734. The molecule has 2 heterocycles. The first-order valence-electron chi connectivity index (χ1n) is 9.92. The van der Waals surface area contributed by atoms with Crippen molar-refractivity contribution in [3.63, 3.8) is 0 Å². The molecule has 3 rings (SSSR count). The number of fused-ring (bicyclic) bond motifs is 2. The highest BCUT2D eigenvalue weighted by Crippen LogP contribution is 2.38. The van der Waals surface area contributed by atoms with E-state index in [0.29, 0.717) is 31.1 Å². The van der Waals surface area contributed by atoms with Crippen molar-refractivity contribution in [1.82, 2.24) is 15.5 Å². The monoisotopic (exact) mass is 393 g/mol. The van der Waals surface area contributed by atoms with Gasteiger partial charge in [-0.3, -0.25) is 14.5 Å². The molecule has 5 nitrogen and oxygen atoms in total. The first-order chi connectivity index (χ1) is 13.1. The molecule has 28 heavy (non-hydrogen) atoms. The van der Waals surface area contributed by atoms with Crippen LogP contribution < -0.4 is 10.6 Å². The van der Waals surface area contributed by atoms with Gasteiger partial charge in [0, 0.05) is 30.2 Å². The van der Waals surface area contributed by atoms with Gasteiger partial charge in [-0.2, -0.15) is 0 Å². The number of hydrogen-bond acceptors (Lipinski definition) is 3. The second-order valence-electron chi connectivity index (χ2n) is 9.03. The Morgan fingerprint density at radius 2 is 1.79 bits per heavy atom. The molecule has 7 heteroatoms. The fourth-order valence-corrected chi connectivity index (χ4v) is 4.44. The van der Waals surface area contributed by atoms with E-state index in [1.807, 2.05) is 20.8 Å². The van der Waals surface area contributed by atoms with Crippen molar-refractivity contribution < 1.29 is 18.4 Å². The molecule has 0 radical (unpaired) electrons. The van der Waals surface area contributed by atoms with Crippen molar-refractivity contribution in [2.45, 2.75) is 64.1 Å². The predicted molar refractivity (Wildman–Crippen MR) is 103 cm³/mol. The average Bonchev–Trinajstić information content (AvgIpc) is 2.80. The molecule has 2 fully saturated rings. The predicted octanol–water partition coefficient (Wildman–Crippen LogP) is 2.85. The lowest BCUT2D eigenvalue weighted by Gasteiger charge is -2.39. The molecule has 2 N–H and O–H groups in total. The summed E-state index contributed by atoms with van der Waals surface area (Å²) >= 11 is 0. The Balaban J connectivity index is 1.51. The van der Waals surface area contributed by atoms with Crippen molar-refractivity contribution in [1.29, 1.82) is 0 Å². The van der Waals surface area contributed by atoms with Crippen LogP contribution in [0.5, 0.6) is 0 Å². The van der Waals surface area contributed by atoms with Gasteiger partial charge in [0.15, 0.2) is 0 Å². The van der Waals surface area contributed by atoms with Crippen LogP contribution in [0.1, 0.15) is 56.8 Å². The third kappa shape index (κ3) is 5.07. The maximum Gasteiger partial charge on any atom is 0.254 e. The topological polar surface area (TPSA) is 61.4 Å². The van der Waals surface area contributed by atoms with E-state index < -0.39 is 17.5 Å². The van der Waals surface area contributed by atoms with Crippen LogP contribution in [0, 0.1) is 17.6 Å². The van der Waals surface area contributed by atoms with Crippen LogP contribution in [0.15, 0.2) is 18.2 Å². The van der Waals surface area contributed by atoms with E-state index in [4.69, 9.17) is 0 Å². The fraction of sp³-hybridized carbons (Fsp3) is 0.619. The summed E-state index contributed by atoms with van der Waals surface area (Å²) in [4.78, 5) is 26.8. The third-order valence-corrected chi connectivity index (χ3v) is 5.55. The van der Waals surface area contributed by atoms with Gasteiger partial charge < -0.3 is 10.6 Å². The molecule has 1 aromatic carbocycles.